The first-order chi connectivity index (χ1) is 19.9. The maximum atomic E-state index is 12.6. The van der Waals surface area contributed by atoms with Gasteiger partial charge in [0, 0.05) is 36.5 Å². The van der Waals surface area contributed by atoms with Crippen molar-refractivity contribution in [1.82, 2.24) is 5.32 Å². The number of hydrogen-bond donors (Lipinski definition) is 3. The highest BCUT2D eigenvalue weighted by molar-refractivity contribution is 7.89. The summed E-state index contributed by atoms with van der Waals surface area (Å²) in [7, 11) is -3.71. The van der Waals surface area contributed by atoms with Crippen molar-refractivity contribution in [3.63, 3.8) is 0 Å². The molecule has 5 atom stereocenters. The number of ether oxygens (including phenoxy) is 1. The number of amides is 1. The Kier molecular flexibility index (Phi) is 8.79. The number of fused-ring (bicyclic) bond motifs is 3. The Labute approximate surface area is 252 Å². The molecule has 2 aromatic rings. The number of halogens is 1. The quantitative estimate of drug-likeness (QED) is 0.380. The number of sulfonamides is 1. The predicted molar refractivity (Wildman–Crippen MR) is 163 cm³/mol. The topological polar surface area (TPSA) is 139 Å². The van der Waals surface area contributed by atoms with Crippen LogP contribution < -0.4 is 20.1 Å². The van der Waals surface area contributed by atoms with E-state index in [4.69, 9.17) is 21.5 Å². The number of hydrogen-bond acceptors (Lipinski definition) is 6. The molecule has 1 amide bonds. The van der Waals surface area contributed by atoms with Crippen LogP contribution in [0.1, 0.15) is 67.4 Å². The van der Waals surface area contributed by atoms with Crippen LogP contribution in [0.25, 0.3) is 0 Å². The molecular formula is C31H40ClN3O6S. The third kappa shape index (κ3) is 6.40. The zero-order valence-electron chi connectivity index (χ0n) is 24.1. The summed E-state index contributed by atoms with van der Waals surface area (Å²) < 4.78 is 29.8. The number of aryl methyl sites for hydroxylation is 1. The molecule has 11 heteroatoms. The standard InChI is InChI=1S/C31H40ClN3O6S/c1-19(20(2)42(33,39)40)12-29(36)34-15-23-5-6-24(23)16-35-17-31(11-3-4-21-13-25(32)8-9-26(21)31)18-41-28-10-7-22(30(37)38)14-27(28)35/h7-10,13-14,19-20,23-24H,3-6,11-12,15-18H2,1-2H3,(H,34,36)(H,37,38)(H2,33,39,40)/t19-,20+,23+,24-,31+/m1/s1. The van der Waals surface area contributed by atoms with Gasteiger partial charge in [-0.05, 0) is 98.2 Å². The van der Waals surface area contributed by atoms with Crippen LogP contribution in [-0.2, 0) is 26.7 Å². The lowest BCUT2D eigenvalue weighted by atomic mass is 9.69. The van der Waals surface area contributed by atoms with Crippen molar-refractivity contribution in [2.75, 3.05) is 31.1 Å². The second-order valence-corrected chi connectivity index (χ2v) is 14.8. The van der Waals surface area contributed by atoms with Crippen molar-refractivity contribution in [2.45, 2.75) is 63.0 Å². The highest BCUT2D eigenvalue weighted by Gasteiger charge is 2.43. The molecule has 4 N–H and O–H groups in total. The number of rotatable bonds is 9. The highest BCUT2D eigenvalue weighted by atomic mass is 35.5. The van der Waals surface area contributed by atoms with Crippen LogP contribution in [-0.4, -0.2) is 56.9 Å². The minimum absolute atomic E-state index is 0.0930. The first kappa shape index (κ1) is 30.6. The van der Waals surface area contributed by atoms with Gasteiger partial charge in [0.2, 0.25) is 15.9 Å². The van der Waals surface area contributed by atoms with Gasteiger partial charge in [-0.25, -0.2) is 18.4 Å². The fraction of sp³-hybridized carbons (Fsp3) is 0.548. The number of nitrogens with two attached hydrogens (primary N) is 1. The molecular weight excluding hydrogens is 578 g/mol. The van der Waals surface area contributed by atoms with E-state index in [2.05, 4.69) is 22.3 Å². The first-order valence-electron chi connectivity index (χ1n) is 14.7. The second-order valence-electron chi connectivity index (χ2n) is 12.5. The predicted octanol–water partition coefficient (Wildman–Crippen LogP) is 4.36. The lowest BCUT2D eigenvalue weighted by molar-refractivity contribution is -0.122. The third-order valence-electron chi connectivity index (χ3n) is 9.70. The van der Waals surface area contributed by atoms with Crippen LogP contribution in [0.4, 0.5) is 5.69 Å². The van der Waals surface area contributed by atoms with Crippen LogP contribution in [0, 0.1) is 17.8 Å². The average molecular weight is 618 g/mol. The zero-order valence-corrected chi connectivity index (χ0v) is 25.7. The fourth-order valence-corrected chi connectivity index (χ4v) is 7.72. The number of nitrogens with zero attached hydrogens (tertiary/aromatic N) is 1. The highest BCUT2D eigenvalue weighted by Crippen LogP contribution is 2.46. The maximum absolute atomic E-state index is 12.6. The van der Waals surface area contributed by atoms with Gasteiger partial charge < -0.3 is 20.1 Å². The van der Waals surface area contributed by atoms with Gasteiger partial charge in [-0.1, -0.05) is 24.6 Å². The average Bonchev–Trinajstić information content (AvgIpc) is 3.07. The van der Waals surface area contributed by atoms with E-state index in [1.165, 1.54) is 18.1 Å². The number of carboxylic acids is 1. The SMILES string of the molecule is C[C@H](CC(=O)NC[C@@H]1CC[C@@H]1CN1C[C@@]2(CCCc3cc(Cl)ccc32)COc2ccc(C(=O)O)cc21)[C@H](C)S(N)(=O)=O. The number of primary sulfonamides is 1. The Hall–Kier alpha value is -2.82. The molecule has 0 radical (unpaired) electrons. The van der Waals surface area contributed by atoms with E-state index in [0.717, 1.165) is 42.8 Å². The monoisotopic (exact) mass is 617 g/mol. The number of carbonyl (C=O) groups excluding carboxylic acids is 1. The van der Waals surface area contributed by atoms with Gasteiger partial charge in [0.15, 0.2) is 0 Å². The minimum Gasteiger partial charge on any atom is -0.490 e. The smallest absolute Gasteiger partial charge is 0.335 e. The van der Waals surface area contributed by atoms with Crippen LogP contribution in [0.2, 0.25) is 5.02 Å². The maximum Gasteiger partial charge on any atom is 0.335 e. The minimum atomic E-state index is -3.71. The van der Waals surface area contributed by atoms with E-state index in [1.54, 1.807) is 25.1 Å². The molecule has 2 aromatic carbocycles. The Bertz CT molecular complexity index is 1470. The number of nitrogens with one attached hydrogen (secondary N) is 1. The summed E-state index contributed by atoms with van der Waals surface area (Å²) in [6.07, 6.45) is 5.01. The van der Waals surface area contributed by atoms with E-state index in [0.29, 0.717) is 37.9 Å². The van der Waals surface area contributed by atoms with Crippen molar-refractivity contribution in [1.29, 1.82) is 0 Å². The zero-order chi connectivity index (χ0) is 30.2. The molecule has 1 fully saturated rings. The van der Waals surface area contributed by atoms with Crippen molar-refractivity contribution >= 4 is 39.2 Å². The number of benzene rings is 2. The second kappa shape index (κ2) is 12.1. The van der Waals surface area contributed by atoms with Gasteiger partial charge in [0.25, 0.3) is 0 Å². The molecule has 228 valence electrons. The third-order valence-corrected chi connectivity index (χ3v) is 11.4. The van der Waals surface area contributed by atoms with Gasteiger partial charge in [-0.3, -0.25) is 4.79 Å². The Morgan fingerprint density at radius 3 is 2.64 bits per heavy atom. The molecule has 9 nitrogen and oxygen atoms in total. The Morgan fingerprint density at radius 1 is 1.19 bits per heavy atom. The number of carbonyl (C=O) groups is 2. The van der Waals surface area contributed by atoms with Crippen LogP contribution in [0.3, 0.4) is 0 Å². The molecule has 1 heterocycles. The van der Waals surface area contributed by atoms with Gasteiger partial charge in [0.1, 0.15) is 5.75 Å². The summed E-state index contributed by atoms with van der Waals surface area (Å²) in [6.45, 7) is 5.66. The van der Waals surface area contributed by atoms with E-state index < -0.39 is 27.2 Å². The summed E-state index contributed by atoms with van der Waals surface area (Å²) in [6, 6.07) is 11.2. The van der Waals surface area contributed by atoms with Gasteiger partial charge >= 0.3 is 5.97 Å². The van der Waals surface area contributed by atoms with Gasteiger partial charge in [-0.2, -0.15) is 0 Å². The summed E-state index contributed by atoms with van der Waals surface area (Å²) in [5.41, 5.74) is 3.23. The number of aromatic carboxylic acids is 1. The molecule has 3 aliphatic rings. The summed E-state index contributed by atoms with van der Waals surface area (Å²) in [5, 5.41) is 17.9. The molecule has 1 saturated carbocycles. The number of carboxylic acid groups (broad SMARTS) is 1. The molecule has 42 heavy (non-hydrogen) atoms. The van der Waals surface area contributed by atoms with Crippen LogP contribution >= 0.6 is 11.6 Å². The molecule has 0 unspecified atom stereocenters. The molecule has 2 aliphatic carbocycles. The molecule has 5 rings (SSSR count). The summed E-state index contributed by atoms with van der Waals surface area (Å²) >= 11 is 6.35. The van der Waals surface area contributed by atoms with Crippen LogP contribution in [0.5, 0.6) is 5.75 Å². The Morgan fingerprint density at radius 2 is 1.95 bits per heavy atom. The Balaban J connectivity index is 1.34. The van der Waals surface area contributed by atoms with Crippen molar-refractivity contribution in [2.24, 2.45) is 22.9 Å². The summed E-state index contributed by atoms with van der Waals surface area (Å²) in [4.78, 5) is 26.8. The van der Waals surface area contributed by atoms with Crippen molar-refractivity contribution < 1.29 is 27.9 Å². The van der Waals surface area contributed by atoms with E-state index in [-0.39, 0.29) is 29.2 Å². The number of anilines is 1. The van der Waals surface area contributed by atoms with Gasteiger partial charge in [-0.15, -0.1) is 0 Å². The first-order valence-corrected chi connectivity index (χ1v) is 16.7. The fourth-order valence-electron chi connectivity index (χ4n) is 6.78. The van der Waals surface area contributed by atoms with Crippen LogP contribution in [0.15, 0.2) is 36.4 Å². The van der Waals surface area contributed by atoms with Crippen molar-refractivity contribution in [3.8, 4) is 5.75 Å². The normalized spacial score (nSPS) is 24.8. The lowest BCUT2D eigenvalue weighted by Gasteiger charge is -2.44. The summed E-state index contributed by atoms with van der Waals surface area (Å²) in [5.74, 6) is -0.303. The van der Waals surface area contributed by atoms with E-state index in [1.807, 2.05) is 6.07 Å². The lowest BCUT2D eigenvalue weighted by Crippen LogP contribution is -2.49. The van der Waals surface area contributed by atoms with Gasteiger partial charge in [0.05, 0.1) is 23.1 Å². The molecule has 0 aromatic heterocycles. The molecule has 1 aliphatic heterocycles. The largest absolute Gasteiger partial charge is 0.490 e. The molecule has 0 saturated heterocycles. The van der Waals surface area contributed by atoms with Crippen molar-refractivity contribution in [3.05, 3.63) is 58.1 Å². The van der Waals surface area contributed by atoms with E-state index in [9.17, 15) is 23.1 Å². The molecule has 0 bridgehead atoms. The van der Waals surface area contributed by atoms with E-state index >= 15 is 0 Å². The molecule has 1 spiro atoms.